The lowest BCUT2D eigenvalue weighted by Crippen LogP contribution is -2.36. The summed E-state index contributed by atoms with van der Waals surface area (Å²) in [5, 5.41) is 5.88. The van der Waals surface area contributed by atoms with Gasteiger partial charge in [0.1, 0.15) is 11.5 Å². The molecule has 2 aliphatic heterocycles. The van der Waals surface area contributed by atoms with E-state index in [-0.39, 0.29) is 6.03 Å². The minimum absolute atomic E-state index is 0.0873. The molecular formula is C15H18N2O3. The average Bonchev–Trinajstić information content (AvgIpc) is 2.94. The molecule has 2 heterocycles. The lowest BCUT2D eigenvalue weighted by molar-refractivity contribution is 0.240. The molecule has 5 heteroatoms. The number of nitrogens with one attached hydrogen (secondary N) is 2. The number of benzene rings is 1. The Morgan fingerprint density at radius 3 is 2.95 bits per heavy atom. The van der Waals surface area contributed by atoms with Crippen LogP contribution in [0, 0.1) is 0 Å². The first-order valence-corrected chi connectivity index (χ1v) is 7.29. The molecule has 1 aromatic rings. The molecule has 4 rings (SSSR count). The molecular weight excluding hydrogens is 256 g/mol. The van der Waals surface area contributed by atoms with E-state index in [9.17, 15) is 4.79 Å². The predicted molar refractivity (Wildman–Crippen MR) is 73.2 cm³/mol. The van der Waals surface area contributed by atoms with Gasteiger partial charge in [-0.1, -0.05) is 0 Å². The van der Waals surface area contributed by atoms with E-state index in [1.54, 1.807) is 0 Å². The number of carbonyl (C=O) groups is 1. The van der Waals surface area contributed by atoms with Crippen LogP contribution in [0.4, 0.5) is 4.79 Å². The number of hydrogen-bond acceptors (Lipinski definition) is 3. The van der Waals surface area contributed by atoms with Gasteiger partial charge in [-0.2, -0.15) is 0 Å². The first-order chi connectivity index (χ1) is 9.81. The fraction of sp³-hybridized carbons (Fsp3) is 0.533. The molecule has 1 fully saturated rings. The van der Waals surface area contributed by atoms with Crippen LogP contribution in [-0.2, 0) is 19.4 Å². The SMILES string of the molecule is O=C(NCc1c2c(cc3c1OCC3)OCC2)NC1CC1. The van der Waals surface area contributed by atoms with E-state index in [0.717, 1.165) is 56.0 Å². The van der Waals surface area contributed by atoms with Crippen molar-refractivity contribution in [1.82, 2.24) is 10.6 Å². The zero-order valence-electron chi connectivity index (χ0n) is 11.3. The summed E-state index contributed by atoms with van der Waals surface area (Å²) < 4.78 is 11.4. The molecule has 0 radical (unpaired) electrons. The van der Waals surface area contributed by atoms with E-state index in [4.69, 9.17) is 9.47 Å². The van der Waals surface area contributed by atoms with Crippen LogP contribution >= 0.6 is 0 Å². The molecule has 106 valence electrons. The Morgan fingerprint density at radius 1 is 1.25 bits per heavy atom. The van der Waals surface area contributed by atoms with Crippen molar-refractivity contribution in [3.63, 3.8) is 0 Å². The molecule has 0 atom stereocenters. The molecule has 0 unspecified atom stereocenters. The van der Waals surface area contributed by atoms with Gasteiger partial charge in [0.05, 0.1) is 13.2 Å². The molecule has 0 aromatic heterocycles. The van der Waals surface area contributed by atoms with E-state index in [0.29, 0.717) is 12.6 Å². The largest absolute Gasteiger partial charge is 0.493 e. The third-order valence-electron chi connectivity index (χ3n) is 4.10. The maximum atomic E-state index is 11.8. The summed E-state index contributed by atoms with van der Waals surface area (Å²) in [5.41, 5.74) is 3.49. The summed E-state index contributed by atoms with van der Waals surface area (Å²) >= 11 is 0. The van der Waals surface area contributed by atoms with E-state index < -0.39 is 0 Å². The maximum absolute atomic E-state index is 11.8. The fourth-order valence-electron chi connectivity index (χ4n) is 2.90. The van der Waals surface area contributed by atoms with Crippen LogP contribution in [0.15, 0.2) is 6.07 Å². The van der Waals surface area contributed by atoms with E-state index in [2.05, 4.69) is 16.7 Å². The molecule has 1 saturated carbocycles. The first-order valence-electron chi connectivity index (χ1n) is 7.29. The van der Waals surface area contributed by atoms with E-state index >= 15 is 0 Å². The average molecular weight is 274 g/mol. The Balaban J connectivity index is 1.55. The molecule has 3 aliphatic rings. The van der Waals surface area contributed by atoms with Crippen LogP contribution in [-0.4, -0.2) is 25.3 Å². The van der Waals surface area contributed by atoms with Crippen molar-refractivity contribution < 1.29 is 14.3 Å². The van der Waals surface area contributed by atoms with Crippen molar-refractivity contribution in [3.05, 3.63) is 22.8 Å². The predicted octanol–water partition coefficient (Wildman–Crippen LogP) is 1.52. The fourth-order valence-corrected chi connectivity index (χ4v) is 2.90. The lowest BCUT2D eigenvalue weighted by atomic mass is 9.99. The Kier molecular flexibility index (Phi) is 2.72. The molecule has 1 aliphatic carbocycles. The highest BCUT2D eigenvalue weighted by atomic mass is 16.5. The third-order valence-corrected chi connectivity index (χ3v) is 4.10. The Morgan fingerprint density at radius 2 is 2.10 bits per heavy atom. The second-order valence-corrected chi connectivity index (χ2v) is 5.62. The third kappa shape index (κ3) is 2.07. The van der Waals surface area contributed by atoms with Gasteiger partial charge >= 0.3 is 6.03 Å². The zero-order valence-corrected chi connectivity index (χ0v) is 11.3. The van der Waals surface area contributed by atoms with Crippen LogP contribution in [0.3, 0.4) is 0 Å². The van der Waals surface area contributed by atoms with Crippen molar-refractivity contribution in [2.45, 2.75) is 38.3 Å². The van der Waals surface area contributed by atoms with Crippen LogP contribution < -0.4 is 20.1 Å². The lowest BCUT2D eigenvalue weighted by Gasteiger charge is -2.14. The Hall–Kier alpha value is -1.91. The van der Waals surface area contributed by atoms with Gasteiger partial charge < -0.3 is 20.1 Å². The Bertz CT molecular complexity index is 534. The normalized spacial score (nSPS) is 18.8. The molecule has 0 saturated heterocycles. The van der Waals surface area contributed by atoms with Crippen molar-refractivity contribution in [2.24, 2.45) is 0 Å². The number of rotatable bonds is 3. The molecule has 5 nitrogen and oxygen atoms in total. The molecule has 2 amide bonds. The minimum Gasteiger partial charge on any atom is -0.493 e. The van der Waals surface area contributed by atoms with E-state index in [1.807, 2.05) is 0 Å². The van der Waals surface area contributed by atoms with Crippen molar-refractivity contribution in [3.8, 4) is 11.5 Å². The van der Waals surface area contributed by atoms with Gasteiger partial charge in [0, 0.05) is 42.1 Å². The monoisotopic (exact) mass is 274 g/mol. The number of carbonyl (C=O) groups excluding carboxylic acids is 1. The highest BCUT2D eigenvalue weighted by molar-refractivity contribution is 5.75. The van der Waals surface area contributed by atoms with Crippen LogP contribution in [0.25, 0.3) is 0 Å². The molecule has 1 aromatic carbocycles. The molecule has 0 spiro atoms. The van der Waals surface area contributed by atoms with Crippen molar-refractivity contribution in [2.75, 3.05) is 13.2 Å². The molecule has 0 bridgehead atoms. The highest BCUT2D eigenvalue weighted by Crippen LogP contribution is 2.40. The van der Waals surface area contributed by atoms with Gasteiger partial charge in [0.2, 0.25) is 0 Å². The summed E-state index contributed by atoms with van der Waals surface area (Å²) in [7, 11) is 0. The van der Waals surface area contributed by atoms with Crippen LogP contribution in [0.2, 0.25) is 0 Å². The summed E-state index contributed by atoms with van der Waals surface area (Å²) in [6.07, 6.45) is 4.02. The van der Waals surface area contributed by atoms with Gasteiger partial charge in [-0.05, 0) is 18.9 Å². The second-order valence-electron chi connectivity index (χ2n) is 5.62. The summed E-state index contributed by atoms with van der Waals surface area (Å²) in [4.78, 5) is 11.8. The van der Waals surface area contributed by atoms with Crippen molar-refractivity contribution in [1.29, 1.82) is 0 Å². The smallest absolute Gasteiger partial charge is 0.315 e. The molecule has 2 N–H and O–H groups in total. The minimum atomic E-state index is -0.0873. The van der Waals surface area contributed by atoms with Gasteiger partial charge in [0.25, 0.3) is 0 Å². The van der Waals surface area contributed by atoms with Gasteiger partial charge in [-0.15, -0.1) is 0 Å². The summed E-state index contributed by atoms with van der Waals surface area (Å²) in [6.45, 7) is 1.95. The Labute approximate surface area is 117 Å². The molecule has 20 heavy (non-hydrogen) atoms. The van der Waals surface area contributed by atoms with Gasteiger partial charge in [-0.3, -0.25) is 0 Å². The summed E-state index contributed by atoms with van der Waals surface area (Å²) in [5.74, 6) is 1.93. The van der Waals surface area contributed by atoms with E-state index in [1.165, 1.54) is 11.1 Å². The van der Waals surface area contributed by atoms with Gasteiger partial charge in [-0.25, -0.2) is 4.79 Å². The van der Waals surface area contributed by atoms with Crippen molar-refractivity contribution >= 4 is 6.03 Å². The second kappa shape index (κ2) is 4.58. The topological polar surface area (TPSA) is 59.6 Å². The number of hydrogen-bond donors (Lipinski definition) is 2. The maximum Gasteiger partial charge on any atom is 0.315 e. The number of ether oxygens (including phenoxy) is 2. The zero-order chi connectivity index (χ0) is 13.5. The number of amides is 2. The standard InChI is InChI=1S/C15H18N2O3/c18-15(17-10-1-2-10)16-8-12-11-4-6-19-13(11)7-9-3-5-20-14(9)12/h7,10H,1-6,8H2,(H2,16,17,18). The quantitative estimate of drug-likeness (QED) is 0.878. The summed E-state index contributed by atoms with van der Waals surface area (Å²) in [6, 6.07) is 2.39. The highest BCUT2D eigenvalue weighted by Gasteiger charge is 2.27. The van der Waals surface area contributed by atoms with Gasteiger partial charge in [0.15, 0.2) is 0 Å². The number of fused-ring (bicyclic) bond motifs is 2. The van der Waals surface area contributed by atoms with Crippen LogP contribution in [0.1, 0.15) is 29.5 Å². The number of urea groups is 1. The van der Waals surface area contributed by atoms with Crippen LogP contribution in [0.5, 0.6) is 11.5 Å². The first kappa shape index (κ1) is 11.9.